The first kappa shape index (κ1) is 23.3. The van der Waals surface area contributed by atoms with Gasteiger partial charge in [0, 0.05) is 39.3 Å². The summed E-state index contributed by atoms with van der Waals surface area (Å²) in [6, 6.07) is 10.5. The number of nitrogens with one attached hydrogen (secondary N) is 1. The third-order valence-electron chi connectivity index (χ3n) is 6.78. The van der Waals surface area contributed by atoms with Gasteiger partial charge in [0.05, 0.1) is 6.54 Å². The maximum absolute atomic E-state index is 13.6. The number of hydrogen-bond donors (Lipinski definition) is 1. The molecule has 4 heterocycles. The van der Waals surface area contributed by atoms with Crippen molar-refractivity contribution in [3.63, 3.8) is 0 Å². The summed E-state index contributed by atoms with van der Waals surface area (Å²) < 4.78 is 4.85. The second-order valence-electron chi connectivity index (χ2n) is 9.16. The van der Waals surface area contributed by atoms with Crippen LogP contribution in [0.4, 0.5) is 5.95 Å². The fraction of sp³-hybridized carbons (Fsp3) is 0.458. The van der Waals surface area contributed by atoms with Crippen molar-refractivity contribution >= 4 is 29.5 Å². The number of fused-ring (bicyclic) bond motifs is 2. The highest BCUT2D eigenvalue weighted by Crippen LogP contribution is 2.33. The standard InChI is InChI=1S/C24H30N6O2.ClH/c1-16(2)9-11-29-22(31)20-21(27(3)24(29)32)26-23(28-12-10-18-13-25-14-19(18)28)30(20)15-17-7-5-4-6-8-17;/h4-9,18-19,25H,10-15H2,1-3H3;1H. The molecule has 0 bridgehead atoms. The quantitative estimate of drug-likeness (QED) is 0.578. The molecule has 0 spiro atoms. The number of anilines is 1. The Bertz CT molecular complexity index is 1300. The molecule has 1 N–H and O–H groups in total. The number of hydrogen-bond acceptors (Lipinski definition) is 5. The summed E-state index contributed by atoms with van der Waals surface area (Å²) in [5, 5.41) is 3.49. The largest absolute Gasteiger partial charge is 0.338 e. The third-order valence-corrected chi connectivity index (χ3v) is 6.78. The Balaban J connectivity index is 0.00000259. The number of benzene rings is 1. The van der Waals surface area contributed by atoms with E-state index in [0.717, 1.165) is 43.1 Å². The summed E-state index contributed by atoms with van der Waals surface area (Å²) in [6.07, 6.45) is 3.01. The van der Waals surface area contributed by atoms with Gasteiger partial charge < -0.3 is 10.2 Å². The lowest BCUT2D eigenvalue weighted by Crippen LogP contribution is -2.39. The number of halogens is 1. The van der Waals surface area contributed by atoms with Gasteiger partial charge in [-0.25, -0.2) is 4.79 Å². The SMILES string of the molecule is CC(C)=CCn1c(=O)c2c(nc(N3CCC4CNCC43)n2Cc2ccccc2)n(C)c1=O.Cl. The van der Waals surface area contributed by atoms with E-state index in [-0.39, 0.29) is 30.2 Å². The Labute approximate surface area is 198 Å². The van der Waals surface area contributed by atoms with Crippen LogP contribution in [0.1, 0.15) is 25.8 Å². The van der Waals surface area contributed by atoms with Crippen LogP contribution in [0.5, 0.6) is 0 Å². The van der Waals surface area contributed by atoms with E-state index in [4.69, 9.17) is 4.98 Å². The van der Waals surface area contributed by atoms with Crippen molar-refractivity contribution in [2.24, 2.45) is 13.0 Å². The topological polar surface area (TPSA) is 77.1 Å². The van der Waals surface area contributed by atoms with E-state index >= 15 is 0 Å². The van der Waals surface area contributed by atoms with Crippen molar-refractivity contribution in [3.8, 4) is 0 Å². The van der Waals surface area contributed by atoms with Crippen LogP contribution in [0.3, 0.4) is 0 Å². The van der Waals surface area contributed by atoms with Gasteiger partial charge in [-0.15, -0.1) is 12.4 Å². The molecule has 3 aromatic rings. The van der Waals surface area contributed by atoms with E-state index in [1.165, 1.54) is 9.13 Å². The molecule has 1 aromatic carbocycles. The molecular formula is C24H31ClN6O2. The highest BCUT2D eigenvalue weighted by atomic mass is 35.5. The number of aromatic nitrogens is 4. The van der Waals surface area contributed by atoms with Crippen molar-refractivity contribution < 1.29 is 0 Å². The van der Waals surface area contributed by atoms with Crippen molar-refractivity contribution in [1.82, 2.24) is 24.0 Å². The first-order valence-electron chi connectivity index (χ1n) is 11.3. The smallest absolute Gasteiger partial charge is 0.332 e. The van der Waals surface area contributed by atoms with E-state index in [2.05, 4.69) is 22.3 Å². The summed E-state index contributed by atoms with van der Waals surface area (Å²) >= 11 is 0. The molecule has 2 aliphatic heterocycles. The average molecular weight is 471 g/mol. The minimum absolute atomic E-state index is 0. The molecule has 2 aromatic heterocycles. The molecule has 2 aliphatic rings. The van der Waals surface area contributed by atoms with Crippen LogP contribution in [0.25, 0.3) is 11.2 Å². The summed E-state index contributed by atoms with van der Waals surface area (Å²) in [7, 11) is 1.71. The average Bonchev–Trinajstić information content (AvgIpc) is 3.47. The normalized spacial score (nSPS) is 19.5. The zero-order valence-electron chi connectivity index (χ0n) is 19.3. The van der Waals surface area contributed by atoms with Crippen molar-refractivity contribution in [2.75, 3.05) is 24.5 Å². The second-order valence-corrected chi connectivity index (χ2v) is 9.16. The van der Waals surface area contributed by atoms with Gasteiger partial charge in [-0.2, -0.15) is 4.98 Å². The van der Waals surface area contributed by atoms with E-state index in [0.29, 0.717) is 29.7 Å². The fourth-order valence-electron chi connectivity index (χ4n) is 5.03. The van der Waals surface area contributed by atoms with E-state index < -0.39 is 0 Å². The summed E-state index contributed by atoms with van der Waals surface area (Å²) in [6.45, 7) is 7.57. The molecule has 8 nitrogen and oxygen atoms in total. The van der Waals surface area contributed by atoms with Crippen LogP contribution >= 0.6 is 12.4 Å². The molecule has 176 valence electrons. The van der Waals surface area contributed by atoms with Gasteiger partial charge in [0.25, 0.3) is 5.56 Å². The van der Waals surface area contributed by atoms with Crippen LogP contribution < -0.4 is 21.5 Å². The highest BCUT2D eigenvalue weighted by molar-refractivity contribution is 5.85. The Morgan fingerprint density at radius 1 is 1.15 bits per heavy atom. The van der Waals surface area contributed by atoms with Gasteiger partial charge in [0.1, 0.15) is 0 Å². The zero-order valence-corrected chi connectivity index (χ0v) is 20.1. The van der Waals surface area contributed by atoms with Gasteiger partial charge in [-0.1, -0.05) is 42.0 Å². The molecule has 33 heavy (non-hydrogen) atoms. The number of allylic oxidation sites excluding steroid dienone is 2. The lowest BCUT2D eigenvalue weighted by Gasteiger charge is -2.25. The number of aryl methyl sites for hydroxylation is 1. The maximum atomic E-state index is 13.6. The number of rotatable bonds is 5. The van der Waals surface area contributed by atoms with Crippen molar-refractivity contribution in [1.29, 1.82) is 0 Å². The third kappa shape index (κ3) is 4.02. The lowest BCUT2D eigenvalue weighted by atomic mass is 10.1. The van der Waals surface area contributed by atoms with Crippen LogP contribution in [0.2, 0.25) is 0 Å². The first-order valence-corrected chi connectivity index (χ1v) is 11.3. The molecule has 0 amide bonds. The molecule has 5 rings (SSSR count). The Morgan fingerprint density at radius 3 is 2.64 bits per heavy atom. The van der Waals surface area contributed by atoms with Gasteiger partial charge in [-0.3, -0.25) is 18.5 Å². The van der Waals surface area contributed by atoms with Crippen LogP contribution in [0.15, 0.2) is 51.6 Å². The summed E-state index contributed by atoms with van der Waals surface area (Å²) in [5.41, 5.74) is 2.48. The molecule has 2 fully saturated rings. The monoisotopic (exact) mass is 470 g/mol. The Hall–Kier alpha value is -2.84. The van der Waals surface area contributed by atoms with Gasteiger partial charge in [-0.05, 0) is 31.7 Å². The first-order chi connectivity index (χ1) is 15.5. The van der Waals surface area contributed by atoms with Crippen molar-refractivity contribution in [3.05, 3.63) is 68.4 Å². The molecule has 9 heteroatoms. The maximum Gasteiger partial charge on any atom is 0.332 e. The second kappa shape index (κ2) is 9.19. The molecule has 0 radical (unpaired) electrons. The van der Waals surface area contributed by atoms with E-state index in [1.807, 2.05) is 42.7 Å². The molecular weight excluding hydrogens is 440 g/mol. The van der Waals surface area contributed by atoms with E-state index in [9.17, 15) is 9.59 Å². The number of imidazole rings is 1. The predicted octanol–water partition coefficient (Wildman–Crippen LogP) is 2.13. The van der Waals surface area contributed by atoms with E-state index in [1.54, 1.807) is 7.05 Å². The molecule has 2 atom stereocenters. The molecule has 0 saturated carbocycles. The van der Waals surface area contributed by atoms with Gasteiger partial charge in [0.2, 0.25) is 5.95 Å². The lowest BCUT2D eigenvalue weighted by molar-refractivity contribution is 0.573. The minimum atomic E-state index is -0.335. The van der Waals surface area contributed by atoms with Crippen LogP contribution in [-0.4, -0.2) is 44.4 Å². The molecule has 0 aliphatic carbocycles. The highest BCUT2D eigenvalue weighted by Gasteiger charge is 2.40. The van der Waals surface area contributed by atoms with Crippen LogP contribution in [-0.2, 0) is 20.1 Å². The molecule has 2 unspecified atom stereocenters. The van der Waals surface area contributed by atoms with Gasteiger partial charge >= 0.3 is 5.69 Å². The van der Waals surface area contributed by atoms with Gasteiger partial charge in [0.15, 0.2) is 11.2 Å². The Kier molecular flexibility index (Phi) is 6.50. The predicted molar refractivity (Wildman–Crippen MR) is 134 cm³/mol. The number of nitrogens with zero attached hydrogens (tertiary/aromatic N) is 5. The van der Waals surface area contributed by atoms with Crippen LogP contribution in [0, 0.1) is 5.92 Å². The van der Waals surface area contributed by atoms with Crippen molar-refractivity contribution in [2.45, 2.75) is 39.4 Å². The fourth-order valence-corrected chi connectivity index (χ4v) is 5.03. The zero-order chi connectivity index (χ0) is 22.4. The summed E-state index contributed by atoms with van der Waals surface area (Å²) in [5.74, 6) is 1.38. The molecule has 2 saturated heterocycles. The Morgan fingerprint density at radius 2 is 1.91 bits per heavy atom. The summed E-state index contributed by atoms with van der Waals surface area (Å²) in [4.78, 5) is 33.9. The minimum Gasteiger partial charge on any atom is -0.338 e.